The zero-order valence-corrected chi connectivity index (χ0v) is 9.74. The van der Waals surface area contributed by atoms with Crippen LogP contribution in [0.5, 0.6) is 0 Å². The predicted molar refractivity (Wildman–Crippen MR) is 58.6 cm³/mol. The van der Waals surface area contributed by atoms with E-state index in [0.717, 1.165) is 6.42 Å². The Labute approximate surface area is 91.8 Å². The normalized spacial score (nSPS) is 33.4. The van der Waals surface area contributed by atoms with Crippen molar-refractivity contribution in [1.29, 1.82) is 0 Å². The molecular weight excluding hydrogens is 190 g/mol. The average Bonchev–Trinajstić information content (AvgIpc) is 2.41. The second kappa shape index (κ2) is 4.52. The molecule has 3 heteroatoms. The quantitative estimate of drug-likeness (QED) is 0.621. The second-order valence-electron chi connectivity index (χ2n) is 5.00. The molecular formula is C12H21NO2. The Morgan fingerprint density at radius 3 is 2.73 bits per heavy atom. The highest BCUT2D eigenvalue weighted by Crippen LogP contribution is 2.28. The van der Waals surface area contributed by atoms with Crippen molar-refractivity contribution in [3.05, 3.63) is 0 Å². The summed E-state index contributed by atoms with van der Waals surface area (Å²) in [6.07, 6.45) is 6.19. The van der Waals surface area contributed by atoms with Gasteiger partial charge in [-0.1, -0.05) is 12.8 Å². The van der Waals surface area contributed by atoms with Gasteiger partial charge in [-0.3, -0.25) is 9.69 Å². The Morgan fingerprint density at radius 2 is 2.00 bits per heavy atom. The lowest BCUT2D eigenvalue weighted by atomic mass is 10.0. The van der Waals surface area contributed by atoms with Crippen LogP contribution in [-0.2, 0) is 9.53 Å². The fraction of sp³-hybridized carbons (Fsp3) is 0.917. The number of fused-ring (bicyclic) bond motifs is 1. The highest BCUT2D eigenvalue weighted by molar-refractivity contribution is 5.72. The molecule has 0 amide bonds. The molecule has 1 saturated carbocycles. The van der Waals surface area contributed by atoms with Gasteiger partial charge in [-0.25, -0.2) is 0 Å². The van der Waals surface area contributed by atoms with Crippen LogP contribution in [0.25, 0.3) is 0 Å². The van der Waals surface area contributed by atoms with Gasteiger partial charge in [0, 0.05) is 12.1 Å². The van der Waals surface area contributed by atoms with Crippen LogP contribution < -0.4 is 0 Å². The summed E-state index contributed by atoms with van der Waals surface area (Å²) in [4.78, 5) is 13.8. The van der Waals surface area contributed by atoms with Crippen LogP contribution in [0.2, 0.25) is 0 Å². The molecule has 0 spiro atoms. The van der Waals surface area contributed by atoms with Crippen LogP contribution in [0.4, 0.5) is 0 Å². The maximum absolute atomic E-state index is 11.5. The van der Waals surface area contributed by atoms with Gasteiger partial charge in [0.1, 0.15) is 6.10 Å². The summed E-state index contributed by atoms with van der Waals surface area (Å²) < 4.78 is 5.47. The van der Waals surface area contributed by atoms with E-state index in [-0.39, 0.29) is 12.1 Å². The molecule has 0 aromatic heterocycles. The number of hydrogen-bond acceptors (Lipinski definition) is 3. The monoisotopic (exact) mass is 211 g/mol. The topological polar surface area (TPSA) is 29.5 Å². The summed E-state index contributed by atoms with van der Waals surface area (Å²) in [6, 6.07) is 0.925. The van der Waals surface area contributed by atoms with Crippen LogP contribution in [0, 0.1) is 0 Å². The summed E-state index contributed by atoms with van der Waals surface area (Å²) >= 11 is 0. The van der Waals surface area contributed by atoms with E-state index in [1.165, 1.54) is 25.7 Å². The Balaban J connectivity index is 2.12. The van der Waals surface area contributed by atoms with Crippen LogP contribution in [0.3, 0.4) is 0 Å². The van der Waals surface area contributed by atoms with Gasteiger partial charge in [0.2, 0.25) is 0 Å². The number of esters is 1. The fourth-order valence-electron chi connectivity index (χ4n) is 2.81. The van der Waals surface area contributed by atoms with Gasteiger partial charge in [0.15, 0.2) is 0 Å². The molecule has 0 N–H and O–H groups in total. The Bertz CT molecular complexity index is 240. The lowest BCUT2D eigenvalue weighted by Crippen LogP contribution is -2.55. The molecule has 86 valence electrons. The standard InChI is InChI=1S/C12H21NO2/c1-9(2)13-8-12(14)15-11-7-5-3-4-6-10(11)13/h9-11H,3-8H2,1-2H3. The lowest BCUT2D eigenvalue weighted by molar-refractivity contribution is -0.167. The molecule has 2 rings (SSSR count). The molecule has 15 heavy (non-hydrogen) atoms. The van der Waals surface area contributed by atoms with E-state index in [4.69, 9.17) is 4.74 Å². The van der Waals surface area contributed by atoms with Crippen molar-refractivity contribution in [3.63, 3.8) is 0 Å². The number of hydrogen-bond donors (Lipinski definition) is 0. The van der Waals surface area contributed by atoms with Gasteiger partial charge in [0.25, 0.3) is 0 Å². The molecule has 2 fully saturated rings. The largest absolute Gasteiger partial charge is 0.460 e. The second-order valence-corrected chi connectivity index (χ2v) is 5.00. The third kappa shape index (κ3) is 2.33. The van der Waals surface area contributed by atoms with Gasteiger partial charge < -0.3 is 4.74 Å². The van der Waals surface area contributed by atoms with Gasteiger partial charge in [-0.05, 0) is 33.1 Å². The zero-order chi connectivity index (χ0) is 10.8. The molecule has 2 atom stereocenters. The summed E-state index contributed by atoms with van der Waals surface area (Å²) in [5, 5.41) is 0. The van der Waals surface area contributed by atoms with Crippen LogP contribution in [0.1, 0.15) is 46.0 Å². The minimum absolute atomic E-state index is 0.0353. The van der Waals surface area contributed by atoms with Crippen LogP contribution >= 0.6 is 0 Å². The molecule has 2 aliphatic rings. The number of nitrogens with zero attached hydrogens (tertiary/aromatic N) is 1. The molecule has 0 aromatic rings. The highest BCUT2D eigenvalue weighted by atomic mass is 16.5. The van der Waals surface area contributed by atoms with Crippen molar-refractivity contribution in [2.24, 2.45) is 0 Å². The van der Waals surface area contributed by atoms with Gasteiger partial charge in [-0.2, -0.15) is 0 Å². The van der Waals surface area contributed by atoms with E-state index in [9.17, 15) is 4.79 Å². The van der Waals surface area contributed by atoms with Crippen molar-refractivity contribution < 1.29 is 9.53 Å². The first-order chi connectivity index (χ1) is 7.18. The van der Waals surface area contributed by atoms with E-state index in [1.54, 1.807) is 0 Å². The fourth-order valence-corrected chi connectivity index (χ4v) is 2.81. The Kier molecular flexibility index (Phi) is 3.29. The first-order valence-electron chi connectivity index (χ1n) is 6.13. The van der Waals surface area contributed by atoms with Crippen molar-refractivity contribution in [1.82, 2.24) is 4.90 Å². The summed E-state index contributed by atoms with van der Waals surface area (Å²) in [6.45, 7) is 4.82. The van der Waals surface area contributed by atoms with Crippen LogP contribution in [0.15, 0.2) is 0 Å². The molecule has 0 radical (unpaired) electrons. The molecule has 0 aromatic carbocycles. The molecule has 1 aliphatic heterocycles. The number of carbonyl (C=O) groups is 1. The zero-order valence-electron chi connectivity index (χ0n) is 9.74. The van der Waals surface area contributed by atoms with Gasteiger partial charge >= 0.3 is 5.97 Å². The van der Waals surface area contributed by atoms with Crippen molar-refractivity contribution in [2.75, 3.05) is 6.54 Å². The van der Waals surface area contributed by atoms with Crippen molar-refractivity contribution >= 4 is 5.97 Å². The van der Waals surface area contributed by atoms with E-state index in [0.29, 0.717) is 18.6 Å². The molecule has 0 bridgehead atoms. The molecule has 3 nitrogen and oxygen atoms in total. The number of ether oxygens (including phenoxy) is 1. The van der Waals surface area contributed by atoms with Crippen molar-refractivity contribution in [2.45, 2.75) is 64.1 Å². The summed E-state index contributed by atoms with van der Waals surface area (Å²) in [7, 11) is 0. The number of rotatable bonds is 1. The van der Waals surface area contributed by atoms with Gasteiger partial charge in [-0.15, -0.1) is 0 Å². The highest BCUT2D eigenvalue weighted by Gasteiger charge is 2.38. The maximum atomic E-state index is 11.5. The Morgan fingerprint density at radius 1 is 1.27 bits per heavy atom. The van der Waals surface area contributed by atoms with E-state index in [2.05, 4.69) is 18.7 Å². The summed E-state index contributed by atoms with van der Waals surface area (Å²) in [5.41, 5.74) is 0. The number of morpholine rings is 1. The molecule has 2 unspecified atom stereocenters. The minimum atomic E-state index is -0.0353. The van der Waals surface area contributed by atoms with E-state index >= 15 is 0 Å². The average molecular weight is 211 g/mol. The third-order valence-electron chi connectivity index (χ3n) is 3.60. The third-order valence-corrected chi connectivity index (χ3v) is 3.60. The SMILES string of the molecule is CC(C)N1CC(=O)OC2CCCCCC21. The first-order valence-corrected chi connectivity index (χ1v) is 6.13. The van der Waals surface area contributed by atoms with Gasteiger partial charge in [0.05, 0.1) is 6.54 Å². The smallest absolute Gasteiger partial charge is 0.320 e. The predicted octanol–water partition coefficient (Wildman–Crippen LogP) is 1.95. The molecule has 1 saturated heterocycles. The number of carbonyl (C=O) groups excluding carboxylic acids is 1. The molecule has 1 aliphatic carbocycles. The lowest BCUT2D eigenvalue weighted by Gasteiger charge is -2.41. The first kappa shape index (κ1) is 10.9. The Hall–Kier alpha value is -0.570. The minimum Gasteiger partial charge on any atom is -0.460 e. The maximum Gasteiger partial charge on any atom is 0.320 e. The molecule has 1 heterocycles. The van der Waals surface area contributed by atoms with E-state index < -0.39 is 0 Å². The van der Waals surface area contributed by atoms with Crippen LogP contribution in [-0.4, -0.2) is 35.6 Å². The van der Waals surface area contributed by atoms with E-state index in [1.807, 2.05) is 0 Å². The van der Waals surface area contributed by atoms with Crippen molar-refractivity contribution in [3.8, 4) is 0 Å². The summed E-state index contributed by atoms with van der Waals surface area (Å²) in [5.74, 6) is -0.0353.